The van der Waals surface area contributed by atoms with Crippen LogP contribution in [-0.4, -0.2) is 34.3 Å². The van der Waals surface area contributed by atoms with E-state index >= 15 is 0 Å². The molecule has 50 heavy (non-hydrogen) atoms. The van der Waals surface area contributed by atoms with Crippen LogP contribution in [0.2, 0.25) is 0 Å². The number of aromatic nitrogens is 3. The van der Waals surface area contributed by atoms with Crippen LogP contribution in [0.15, 0.2) is 110 Å². The fourth-order valence-electron chi connectivity index (χ4n) is 9.37. The zero-order valence-corrected chi connectivity index (χ0v) is 30.1. The number of pyridine rings is 1. The number of para-hydroxylation sites is 3. The van der Waals surface area contributed by atoms with Gasteiger partial charge in [0.2, 0.25) is 0 Å². The van der Waals surface area contributed by atoms with E-state index in [0.29, 0.717) is 0 Å². The van der Waals surface area contributed by atoms with Crippen LogP contribution in [-0.2, 0) is 5.41 Å². The number of hydrogen-bond acceptors (Lipinski definition) is 7. The number of anilines is 7. The molecule has 7 nitrogen and oxygen atoms in total. The standard InChI is InChI=1S/C43H47N7/c1-8-30-19-14-16-23-34(30)49-37(48(31-20-12-11-13-21-31)40-39(49)45-28-33(46-40)29(4)5)27-43(10-3)41-47(7)36-25-18-26-44-38(36)50(41)35-24-17-15-22-32(35)42(43,6)9-2/h8,11-26,28-29,37,41H,1,9-10,27H2,2-7H3. The van der Waals surface area contributed by atoms with Crippen LogP contribution in [0.4, 0.5) is 40.2 Å². The molecule has 3 aromatic carbocycles. The maximum absolute atomic E-state index is 5.41. The Kier molecular flexibility index (Phi) is 7.70. The first-order valence-electron chi connectivity index (χ1n) is 18.1. The molecular weight excluding hydrogens is 615 g/mol. The average molecular weight is 662 g/mol. The van der Waals surface area contributed by atoms with Gasteiger partial charge >= 0.3 is 0 Å². The second-order valence-electron chi connectivity index (χ2n) is 14.5. The highest BCUT2D eigenvalue weighted by Crippen LogP contribution is 2.65. The summed E-state index contributed by atoms with van der Waals surface area (Å²) in [6.07, 6.45) is 8.53. The fraction of sp³-hybridized carbons (Fsp3) is 0.326. The van der Waals surface area contributed by atoms with Crippen molar-refractivity contribution in [1.29, 1.82) is 0 Å². The van der Waals surface area contributed by atoms with Crippen molar-refractivity contribution in [2.75, 3.05) is 26.6 Å². The molecule has 0 saturated carbocycles. The number of nitrogens with zero attached hydrogens (tertiary/aromatic N) is 7. The van der Waals surface area contributed by atoms with E-state index in [0.717, 1.165) is 59.3 Å². The zero-order chi connectivity index (χ0) is 34.8. The summed E-state index contributed by atoms with van der Waals surface area (Å²) in [5.74, 6) is 3.04. The lowest BCUT2D eigenvalue weighted by molar-refractivity contribution is 0.0546. The Morgan fingerprint density at radius 3 is 2.18 bits per heavy atom. The molecule has 3 aliphatic heterocycles. The Morgan fingerprint density at radius 2 is 1.46 bits per heavy atom. The largest absolute Gasteiger partial charge is 0.350 e. The van der Waals surface area contributed by atoms with E-state index in [9.17, 15) is 0 Å². The molecule has 7 heteroatoms. The van der Waals surface area contributed by atoms with Crippen LogP contribution in [0.1, 0.15) is 76.6 Å². The van der Waals surface area contributed by atoms with Crippen molar-refractivity contribution in [3.8, 4) is 0 Å². The van der Waals surface area contributed by atoms with Gasteiger partial charge in [-0.05, 0) is 72.7 Å². The lowest BCUT2D eigenvalue weighted by atomic mass is 9.52. The molecule has 8 rings (SSSR count). The molecule has 4 unspecified atom stereocenters. The normalized spacial score (nSPS) is 23.5. The maximum atomic E-state index is 5.41. The molecule has 0 saturated heterocycles. The van der Waals surface area contributed by atoms with Crippen molar-refractivity contribution in [3.05, 3.63) is 127 Å². The molecule has 5 aromatic rings. The summed E-state index contributed by atoms with van der Waals surface area (Å²) in [5, 5.41) is 0. The zero-order valence-electron chi connectivity index (χ0n) is 30.1. The summed E-state index contributed by atoms with van der Waals surface area (Å²) in [6.45, 7) is 15.9. The minimum atomic E-state index is -0.256. The molecule has 0 spiro atoms. The van der Waals surface area contributed by atoms with Gasteiger partial charge in [0, 0.05) is 35.4 Å². The highest BCUT2D eigenvalue weighted by Gasteiger charge is 2.64. The summed E-state index contributed by atoms with van der Waals surface area (Å²) >= 11 is 0. The topological polar surface area (TPSA) is 51.6 Å². The molecule has 0 aliphatic carbocycles. The first kappa shape index (κ1) is 32.1. The quantitative estimate of drug-likeness (QED) is 0.164. The first-order chi connectivity index (χ1) is 24.3. The van der Waals surface area contributed by atoms with Crippen LogP contribution < -0.4 is 19.6 Å². The van der Waals surface area contributed by atoms with E-state index in [2.05, 4.69) is 159 Å². The number of fused-ring (bicyclic) bond motifs is 6. The third kappa shape index (κ3) is 4.38. The fourth-order valence-corrected chi connectivity index (χ4v) is 9.37. The summed E-state index contributed by atoms with van der Waals surface area (Å²) in [5.41, 5.74) is 7.61. The predicted molar refractivity (Wildman–Crippen MR) is 207 cm³/mol. The van der Waals surface area contributed by atoms with E-state index in [4.69, 9.17) is 15.0 Å². The van der Waals surface area contributed by atoms with Crippen LogP contribution >= 0.6 is 0 Å². The molecule has 0 radical (unpaired) electrons. The van der Waals surface area contributed by atoms with Crippen molar-refractivity contribution in [2.24, 2.45) is 5.41 Å². The van der Waals surface area contributed by atoms with Gasteiger partial charge in [0.25, 0.3) is 0 Å². The third-order valence-electron chi connectivity index (χ3n) is 12.1. The van der Waals surface area contributed by atoms with Gasteiger partial charge in [-0.1, -0.05) is 102 Å². The van der Waals surface area contributed by atoms with Gasteiger partial charge in [-0.2, -0.15) is 0 Å². The summed E-state index contributed by atoms with van der Waals surface area (Å²) in [4.78, 5) is 25.6. The number of hydrogen-bond donors (Lipinski definition) is 0. The Morgan fingerprint density at radius 1 is 0.760 bits per heavy atom. The molecule has 0 N–H and O–H groups in total. The molecule has 0 amide bonds. The molecule has 0 fully saturated rings. The second kappa shape index (κ2) is 12.0. The Hall–Kier alpha value is -5.17. The minimum absolute atomic E-state index is 0.0298. The van der Waals surface area contributed by atoms with E-state index in [1.165, 1.54) is 16.9 Å². The molecule has 5 heterocycles. The van der Waals surface area contributed by atoms with Crippen LogP contribution in [0, 0.1) is 5.41 Å². The summed E-state index contributed by atoms with van der Waals surface area (Å²) < 4.78 is 0. The lowest BCUT2D eigenvalue weighted by Crippen LogP contribution is -2.65. The Labute approximate surface area is 296 Å². The van der Waals surface area contributed by atoms with Crippen molar-refractivity contribution in [3.63, 3.8) is 0 Å². The second-order valence-corrected chi connectivity index (χ2v) is 14.5. The Bertz CT molecular complexity index is 2060. The van der Waals surface area contributed by atoms with E-state index in [1.807, 2.05) is 18.5 Å². The molecule has 0 bridgehead atoms. The Balaban J connectivity index is 1.42. The number of benzene rings is 3. The van der Waals surface area contributed by atoms with E-state index in [1.54, 1.807) is 0 Å². The predicted octanol–water partition coefficient (Wildman–Crippen LogP) is 10.3. The van der Waals surface area contributed by atoms with Crippen LogP contribution in [0.5, 0.6) is 0 Å². The molecule has 254 valence electrons. The van der Waals surface area contributed by atoms with E-state index < -0.39 is 0 Å². The lowest BCUT2D eigenvalue weighted by Gasteiger charge is -2.61. The molecular formula is C43H47N7. The number of rotatable bonds is 8. The SMILES string of the molecule is C=Cc1ccccc1N1c2ncc(C(C)C)nc2N(c2ccccc2)C1CC1(CC)C2N(C)c3cccnc3N2c2ccccc2C1(C)CC. The molecule has 2 aromatic heterocycles. The third-order valence-corrected chi connectivity index (χ3v) is 12.1. The van der Waals surface area contributed by atoms with Gasteiger partial charge < -0.3 is 19.6 Å². The van der Waals surface area contributed by atoms with Gasteiger partial charge in [-0.15, -0.1) is 0 Å². The van der Waals surface area contributed by atoms with Gasteiger partial charge in [0.15, 0.2) is 17.5 Å². The smallest absolute Gasteiger partial charge is 0.178 e. The molecule has 4 atom stereocenters. The van der Waals surface area contributed by atoms with E-state index in [-0.39, 0.29) is 29.1 Å². The van der Waals surface area contributed by atoms with Crippen LogP contribution in [0.3, 0.4) is 0 Å². The van der Waals surface area contributed by atoms with Crippen molar-refractivity contribution in [1.82, 2.24) is 15.0 Å². The molecule has 3 aliphatic rings. The maximum Gasteiger partial charge on any atom is 0.178 e. The first-order valence-corrected chi connectivity index (χ1v) is 18.1. The monoisotopic (exact) mass is 661 g/mol. The highest BCUT2D eigenvalue weighted by molar-refractivity contribution is 5.87. The summed E-state index contributed by atoms with van der Waals surface area (Å²) in [7, 11) is 2.26. The van der Waals surface area contributed by atoms with Crippen LogP contribution in [0.25, 0.3) is 6.08 Å². The minimum Gasteiger partial charge on any atom is -0.350 e. The van der Waals surface area contributed by atoms with Gasteiger partial charge in [0.05, 0.1) is 23.3 Å². The van der Waals surface area contributed by atoms with Gasteiger partial charge in [0.1, 0.15) is 12.3 Å². The van der Waals surface area contributed by atoms with Crippen molar-refractivity contribution >= 4 is 46.3 Å². The van der Waals surface area contributed by atoms with Gasteiger partial charge in [-0.3, -0.25) is 0 Å². The average Bonchev–Trinajstić information content (AvgIpc) is 3.64. The summed E-state index contributed by atoms with van der Waals surface area (Å²) in [6, 6.07) is 32.7. The van der Waals surface area contributed by atoms with Gasteiger partial charge in [-0.25, -0.2) is 15.0 Å². The van der Waals surface area contributed by atoms with Crippen molar-refractivity contribution in [2.45, 2.75) is 77.5 Å². The van der Waals surface area contributed by atoms with Crippen molar-refractivity contribution < 1.29 is 0 Å². The highest BCUT2D eigenvalue weighted by atomic mass is 15.5.